The fourth-order valence-electron chi connectivity index (χ4n) is 2.52. The molecule has 6 nitrogen and oxygen atoms in total. The van der Waals surface area contributed by atoms with Crippen molar-refractivity contribution in [3.8, 4) is 0 Å². The van der Waals surface area contributed by atoms with E-state index in [1.807, 2.05) is 4.90 Å². The van der Waals surface area contributed by atoms with Crippen molar-refractivity contribution < 1.29 is 10.0 Å². The number of nitrogens with zero attached hydrogens (tertiary/aromatic N) is 3. The Balaban J connectivity index is 2.17. The minimum Gasteiger partial charge on any atom is -0.391 e. The van der Waals surface area contributed by atoms with Crippen LogP contribution >= 0.6 is 0 Å². The summed E-state index contributed by atoms with van der Waals surface area (Å²) in [7, 11) is 0. The fraction of sp³-hybridized carbons (Fsp3) is 0.308. The minimum absolute atomic E-state index is 0.0617. The summed E-state index contributed by atoms with van der Waals surface area (Å²) < 4.78 is 0. The Morgan fingerprint density at radius 2 is 2.26 bits per heavy atom. The predicted molar refractivity (Wildman–Crippen MR) is 71.2 cm³/mol. The Bertz CT molecular complexity index is 644. The third-order valence-electron chi connectivity index (χ3n) is 3.43. The van der Waals surface area contributed by atoms with E-state index in [1.54, 1.807) is 24.4 Å². The standard InChI is InChI=1S/C13H13N3O3/c17-9-5-7-15(8-9)12-4-3-11(16(18)19)10-2-1-6-14-13(10)12/h1-4,6,9,17H,5,7-8H2/t9-/m1/s1. The molecular weight excluding hydrogens is 246 g/mol. The second-order valence-corrected chi connectivity index (χ2v) is 4.65. The smallest absolute Gasteiger partial charge is 0.278 e. The number of anilines is 1. The Morgan fingerprint density at radius 3 is 2.95 bits per heavy atom. The molecule has 1 aliphatic heterocycles. The summed E-state index contributed by atoms with van der Waals surface area (Å²) in [5.74, 6) is 0. The van der Waals surface area contributed by atoms with Crippen LogP contribution in [-0.2, 0) is 0 Å². The topological polar surface area (TPSA) is 79.5 Å². The summed E-state index contributed by atoms with van der Waals surface area (Å²) in [6, 6.07) is 6.62. The number of nitro groups is 1. The average Bonchev–Trinajstić information content (AvgIpc) is 2.83. The molecule has 1 aliphatic rings. The van der Waals surface area contributed by atoms with Crippen LogP contribution in [0.5, 0.6) is 0 Å². The lowest BCUT2D eigenvalue weighted by Gasteiger charge is -2.19. The molecule has 0 radical (unpaired) electrons. The fourth-order valence-corrected chi connectivity index (χ4v) is 2.52. The number of rotatable bonds is 2. The molecule has 1 aromatic heterocycles. The molecule has 1 atom stereocenters. The van der Waals surface area contributed by atoms with Crippen molar-refractivity contribution in [3.05, 3.63) is 40.6 Å². The van der Waals surface area contributed by atoms with Crippen molar-refractivity contribution in [2.75, 3.05) is 18.0 Å². The maximum Gasteiger partial charge on any atom is 0.278 e. The number of aliphatic hydroxyl groups excluding tert-OH is 1. The van der Waals surface area contributed by atoms with E-state index in [9.17, 15) is 15.2 Å². The maximum atomic E-state index is 11.0. The van der Waals surface area contributed by atoms with E-state index in [4.69, 9.17) is 0 Å². The highest BCUT2D eigenvalue weighted by Gasteiger charge is 2.24. The molecule has 0 unspecified atom stereocenters. The van der Waals surface area contributed by atoms with Gasteiger partial charge in [-0.15, -0.1) is 0 Å². The third-order valence-corrected chi connectivity index (χ3v) is 3.43. The van der Waals surface area contributed by atoms with E-state index in [1.165, 1.54) is 6.07 Å². The van der Waals surface area contributed by atoms with Crippen LogP contribution in [0.4, 0.5) is 11.4 Å². The van der Waals surface area contributed by atoms with Crippen LogP contribution in [0.25, 0.3) is 10.9 Å². The highest BCUT2D eigenvalue weighted by Crippen LogP contribution is 2.33. The number of non-ortho nitro benzene ring substituents is 1. The van der Waals surface area contributed by atoms with Gasteiger partial charge in [-0.2, -0.15) is 0 Å². The van der Waals surface area contributed by atoms with Crippen molar-refractivity contribution in [1.29, 1.82) is 0 Å². The van der Waals surface area contributed by atoms with E-state index in [2.05, 4.69) is 4.98 Å². The van der Waals surface area contributed by atoms with Gasteiger partial charge in [0.25, 0.3) is 5.69 Å². The maximum absolute atomic E-state index is 11.0. The second-order valence-electron chi connectivity index (χ2n) is 4.65. The van der Waals surface area contributed by atoms with E-state index < -0.39 is 4.92 Å². The minimum atomic E-state index is -0.396. The zero-order chi connectivity index (χ0) is 13.4. The van der Waals surface area contributed by atoms with Gasteiger partial charge < -0.3 is 10.0 Å². The zero-order valence-electron chi connectivity index (χ0n) is 10.2. The highest BCUT2D eigenvalue weighted by atomic mass is 16.6. The molecule has 2 heterocycles. The normalized spacial score (nSPS) is 19.0. The number of hydrogen-bond acceptors (Lipinski definition) is 5. The van der Waals surface area contributed by atoms with E-state index in [0.717, 1.165) is 12.2 Å². The third kappa shape index (κ3) is 2.00. The Kier molecular flexibility index (Phi) is 2.79. The number of aromatic nitrogens is 1. The van der Waals surface area contributed by atoms with Crippen molar-refractivity contribution in [2.45, 2.75) is 12.5 Å². The van der Waals surface area contributed by atoms with Crippen LogP contribution in [0.15, 0.2) is 30.5 Å². The van der Waals surface area contributed by atoms with Gasteiger partial charge in [0.05, 0.1) is 22.1 Å². The van der Waals surface area contributed by atoms with Gasteiger partial charge in [0.1, 0.15) is 5.52 Å². The summed E-state index contributed by atoms with van der Waals surface area (Å²) >= 11 is 0. The Hall–Kier alpha value is -2.21. The number of nitro benzene ring substituents is 1. The molecule has 0 saturated carbocycles. The first kappa shape index (κ1) is 11.9. The first-order valence-corrected chi connectivity index (χ1v) is 6.12. The molecule has 3 rings (SSSR count). The number of β-amino-alcohol motifs (C(OH)–C–C–N with tert-alkyl or cyclic N) is 1. The molecule has 0 aliphatic carbocycles. The summed E-state index contributed by atoms with van der Waals surface area (Å²) in [5, 5.41) is 21.2. The molecule has 2 aromatic rings. The van der Waals surface area contributed by atoms with Crippen LogP contribution in [0.1, 0.15) is 6.42 Å². The molecule has 1 fully saturated rings. The van der Waals surface area contributed by atoms with Crippen LogP contribution < -0.4 is 4.90 Å². The number of aliphatic hydroxyl groups is 1. The molecule has 0 spiro atoms. The zero-order valence-corrected chi connectivity index (χ0v) is 10.2. The van der Waals surface area contributed by atoms with Crippen LogP contribution in [0.2, 0.25) is 0 Å². The van der Waals surface area contributed by atoms with Crippen LogP contribution in [0, 0.1) is 10.1 Å². The summed E-state index contributed by atoms with van der Waals surface area (Å²) in [4.78, 5) is 16.9. The summed E-state index contributed by atoms with van der Waals surface area (Å²) in [6.45, 7) is 1.29. The number of fused-ring (bicyclic) bond motifs is 1. The van der Waals surface area contributed by atoms with Crippen molar-refractivity contribution in [1.82, 2.24) is 4.98 Å². The van der Waals surface area contributed by atoms with Gasteiger partial charge in [-0.1, -0.05) is 0 Å². The monoisotopic (exact) mass is 259 g/mol. The molecule has 0 bridgehead atoms. The van der Waals surface area contributed by atoms with Crippen molar-refractivity contribution in [2.24, 2.45) is 0 Å². The molecule has 6 heteroatoms. The Morgan fingerprint density at radius 1 is 1.42 bits per heavy atom. The van der Waals surface area contributed by atoms with Gasteiger partial charge in [0, 0.05) is 25.4 Å². The van der Waals surface area contributed by atoms with Gasteiger partial charge in [-0.3, -0.25) is 15.1 Å². The van der Waals surface area contributed by atoms with Crippen molar-refractivity contribution in [3.63, 3.8) is 0 Å². The first-order chi connectivity index (χ1) is 9.16. The molecule has 98 valence electrons. The van der Waals surface area contributed by atoms with E-state index in [0.29, 0.717) is 23.9 Å². The Labute approximate surface area is 109 Å². The van der Waals surface area contributed by atoms with Crippen molar-refractivity contribution >= 4 is 22.3 Å². The van der Waals surface area contributed by atoms with Gasteiger partial charge in [0.15, 0.2) is 0 Å². The van der Waals surface area contributed by atoms with Gasteiger partial charge >= 0.3 is 0 Å². The van der Waals surface area contributed by atoms with Gasteiger partial charge in [-0.25, -0.2) is 0 Å². The van der Waals surface area contributed by atoms with Gasteiger partial charge in [-0.05, 0) is 24.6 Å². The predicted octanol–water partition coefficient (Wildman–Crippen LogP) is 1.71. The number of benzene rings is 1. The first-order valence-electron chi connectivity index (χ1n) is 6.12. The molecular formula is C13H13N3O3. The van der Waals surface area contributed by atoms with Gasteiger partial charge in [0.2, 0.25) is 0 Å². The number of pyridine rings is 1. The molecule has 0 amide bonds. The highest BCUT2D eigenvalue weighted by molar-refractivity contribution is 5.97. The largest absolute Gasteiger partial charge is 0.391 e. The van der Waals surface area contributed by atoms with E-state index >= 15 is 0 Å². The lowest BCUT2D eigenvalue weighted by molar-refractivity contribution is -0.383. The molecule has 1 aromatic carbocycles. The molecule has 1 saturated heterocycles. The van der Waals surface area contributed by atoms with E-state index in [-0.39, 0.29) is 11.8 Å². The average molecular weight is 259 g/mol. The number of hydrogen-bond donors (Lipinski definition) is 1. The lowest BCUT2D eigenvalue weighted by Crippen LogP contribution is -2.21. The summed E-state index contributed by atoms with van der Waals surface area (Å²) in [6.07, 6.45) is 2.00. The quantitative estimate of drug-likeness (QED) is 0.656. The SMILES string of the molecule is O=[N+]([O-])c1ccc(N2CC[C@@H](O)C2)c2ncccc12. The lowest BCUT2D eigenvalue weighted by atomic mass is 10.1. The molecule has 19 heavy (non-hydrogen) atoms. The second kappa shape index (κ2) is 4.47. The van der Waals surface area contributed by atoms with Crippen LogP contribution in [-0.4, -0.2) is 34.2 Å². The summed E-state index contributed by atoms with van der Waals surface area (Å²) in [5.41, 5.74) is 1.52. The van der Waals surface area contributed by atoms with Crippen LogP contribution in [0.3, 0.4) is 0 Å². The molecule has 1 N–H and O–H groups in total.